The summed E-state index contributed by atoms with van der Waals surface area (Å²) in [6, 6.07) is 23.0. The second-order valence-corrected chi connectivity index (χ2v) is 9.15. The molecule has 3 aromatic rings. The number of benzene rings is 3. The van der Waals surface area contributed by atoms with Crippen LogP contribution >= 0.6 is 0 Å². The smallest absolute Gasteiger partial charge is 0.322 e. The first kappa shape index (κ1) is 26.9. The predicted molar refractivity (Wildman–Crippen MR) is 146 cm³/mol. The number of carbonyl (C=O) groups excluding carboxylic acids is 2. The molecule has 200 valence electrons. The number of ether oxygens (including phenoxy) is 1. The molecule has 0 aromatic heterocycles. The first-order chi connectivity index (χ1) is 18.5. The van der Waals surface area contributed by atoms with Gasteiger partial charge in [-0.3, -0.25) is 4.90 Å². The molecule has 4 rings (SSSR count). The van der Waals surface area contributed by atoms with Gasteiger partial charge in [0.25, 0.3) is 0 Å². The highest BCUT2D eigenvalue weighted by Crippen LogP contribution is 2.23. The van der Waals surface area contributed by atoms with Crippen molar-refractivity contribution in [3.63, 3.8) is 0 Å². The average molecular weight is 520 g/mol. The number of hydrogen-bond acceptors (Lipinski definition) is 4. The van der Waals surface area contributed by atoms with Crippen molar-refractivity contribution in [3.05, 3.63) is 95.8 Å². The van der Waals surface area contributed by atoms with Gasteiger partial charge in [-0.25, -0.2) is 14.0 Å². The van der Waals surface area contributed by atoms with Gasteiger partial charge in [0.05, 0.1) is 12.8 Å². The molecule has 1 aliphatic rings. The Kier molecular flexibility index (Phi) is 9.53. The summed E-state index contributed by atoms with van der Waals surface area (Å²) in [7, 11) is 1.57. The summed E-state index contributed by atoms with van der Waals surface area (Å²) in [6.07, 6.45) is 0. The van der Waals surface area contributed by atoms with E-state index in [-0.39, 0.29) is 17.9 Å². The molecule has 2 N–H and O–H groups in total. The molecule has 1 saturated heterocycles. The summed E-state index contributed by atoms with van der Waals surface area (Å²) < 4.78 is 18.7. The molecule has 1 aliphatic heterocycles. The average Bonchev–Trinajstić information content (AvgIpc) is 2.96. The number of methoxy groups -OCH3 is 1. The molecular weight excluding hydrogens is 485 g/mol. The van der Waals surface area contributed by atoms with E-state index in [4.69, 9.17) is 4.74 Å². The number of nitrogens with zero attached hydrogens (tertiary/aromatic N) is 3. The molecule has 0 radical (unpaired) electrons. The third-order valence-corrected chi connectivity index (χ3v) is 6.55. The van der Waals surface area contributed by atoms with Gasteiger partial charge in [-0.05, 0) is 35.4 Å². The van der Waals surface area contributed by atoms with Crippen molar-refractivity contribution in [2.45, 2.75) is 13.1 Å². The van der Waals surface area contributed by atoms with E-state index in [9.17, 15) is 14.0 Å². The van der Waals surface area contributed by atoms with Crippen LogP contribution in [-0.2, 0) is 13.1 Å². The molecule has 8 nitrogen and oxygen atoms in total. The van der Waals surface area contributed by atoms with Gasteiger partial charge < -0.3 is 25.2 Å². The van der Waals surface area contributed by atoms with Crippen LogP contribution < -0.4 is 15.4 Å². The standard InChI is InChI=1S/C29H34FN5O3/c1-38-27-10-6-5-9-26(27)32-29(37)34-18-15-33(16-19-34)17-20-35(22-24-11-13-25(30)14-12-24)28(36)31-21-23-7-3-2-4-8-23/h2-14H,15-22H2,1H3,(H,31,36)(H,32,37). The van der Waals surface area contributed by atoms with Gasteiger partial charge in [0, 0.05) is 52.4 Å². The highest BCUT2D eigenvalue weighted by Gasteiger charge is 2.23. The molecule has 4 amide bonds. The Hall–Kier alpha value is -4.11. The molecule has 0 atom stereocenters. The molecule has 0 unspecified atom stereocenters. The fourth-order valence-electron chi connectivity index (χ4n) is 4.33. The number of halogens is 1. The molecule has 38 heavy (non-hydrogen) atoms. The Bertz CT molecular complexity index is 1180. The van der Waals surface area contributed by atoms with Gasteiger partial charge in [0.2, 0.25) is 0 Å². The zero-order chi connectivity index (χ0) is 26.7. The van der Waals surface area contributed by atoms with Crippen molar-refractivity contribution < 1.29 is 18.7 Å². The van der Waals surface area contributed by atoms with Gasteiger partial charge in [-0.2, -0.15) is 0 Å². The highest BCUT2D eigenvalue weighted by atomic mass is 19.1. The Labute approximate surface area is 223 Å². The number of urea groups is 2. The predicted octanol–water partition coefficient (Wildman–Crippen LogP) is 4.40. The fourth-order valence-corrected chi connectivity index (χ4v) is 4.33. The summed E-state index contributed by atoms with van der Waals surface area (Å²) in [5.41, 5.74) is 2.52. The van der Waals surface area contributed by atoms with E-state index in [2.05, 4.69) is 15.5 Å². The Morgan fingerprint density at radius 3 is 2.29 bits per heavy atom. The minimum Gasteiger partial charge on any atom is -0.495 e. The molecule has 0 bridgehead atoms. The van der Waals surface area contributed by atoms with E-state index in [1.807, 2.05) is 48.5 Å². The van der Waals surface area contributed by atoms with Crippen LogP contribution in [0.3, 0.4) is 0 Å². The summed E-state index contributed by atoms with van der Waals surface area (Å²) >= 11 is 0. The summed E-state index contributed by atoms with van der Waals surface area (Å²) in [5.74, 6) is 0.313. The van der Waals surface area contributed by atoms with Crippen molar-refractivity contribution in [2.24, 2.45) is 0 Å². The molecule has 1 heterocycles. The maximum atomic E-state index is 13.4. The van der Waals surface area contributed by atoms with E-state index in [1.165, 1.54) is 12.1 Å². The van der Waals surface area contributed by atoms with Gasteiger partial charge in [0.15, 0.2) is 0 Å². The Morgan fingerprint density at radius 2 is 1.58 bits per heavy atom. The second-order valence-electron chi connectivity index (χ2n) is 9.15. The number of para-hydroxylation sites is 2. The van der Waals surface area contributed by atoms with Crippen LogP contribution in [-0.4, -0.2) is 73.1 Å². The van der Waals surface area contributed by atoms with Crippen molar-refractivity contribution >= 4 is 17.7 Å². The van der Waals surface area contributed by atoms with Crippen LogP contribution in [0.4, 0.5) is 19.7 Å². The molecule has 0 aliphatic carbocycles. The van der Waals surface area contributed by atoms with E-state index >= 15 is 0 Å². The summed E-state index contributed by atoms with van der Waals surface area (Å²) in [5, 5.41) is 5.92. The lowest BCUT2D eigenvalue weighted by molar-refractivity contribution is 0.134. The summed E-state index contributed by atoms with van der Waals surface area (Å²) in [4.78, 5) is 31.6. The van der Waals surface area contributed by atoms with Crippen LogP contribution in [0.5, 0.6) is 5.75 Å². The van der Waals surface area contributed by atoms with Gasteiger partial charge in [0.1, 0.15) is 11.6 Å². The monoisotopic (exact) mass is 519 g/mol. The number of nitrogens with one attached hydrogen (secondary N) is 2. The minimum absolute atomic E-state index is 0.160. The zero-order valence-electron chi connectivity index (χ0n) is 21.6. The number of rotatable bonds is 9. The minimum atomic E-state index is -0.304. The second kappa shape index (κ2) is 13.4. The van der Waals surface area contributed by atoms with Crippen LogP contribution in [0, 0.1) is 5.82 Å². The lowest BCUT2D eigenvalue weighted by Crippen LogP contribution is -2.52. The first-order valence-electron chi connectivity index (χ1n) is 12.7. The van der Waals surface area contributed by atoms with Gasteiger partial charge in [-0.1, -0.05) is 54.6 Å². The lowest BCUT2D eigenvalue weighted by atomic mass is 10.2. The topological polar surface area (TPSA) is 77.2 Å². The quantitative estimate of drug-likeness (QED) is 0.440. The maximum Gasteiger partial charge on any atom is 0.322 e. The molecule has 0 saturated carbocycles. The summed E-state index contributed by atoms with van der Waals surface area (Å²) in [6.45, 7) is 4.55. The van der Waals surface area contributed by atoms with Crippen molar-refractivity contribution in [1.82, 2.24) is 20.0 Å². The van der Waals surface area contributed by atoms with Crippen LogP contribution in [0.2, 0.25) is 0 Å². The van der Waals surface area contributed by atoms with Crippen LogP contribution in [0.1, 0.15) is 11.1 Å². The number of piperazine rings is 1. The third-order valence-electron chi connectivity index (χ3n) is 6.55. The van der Waals surface area contributed by atoms with Crippen LogP contribution in [0.25, 0.3) is 0 Å². The van der Waals surface area contributed by atoms with Crippen molar-refractivity contribution in [1.29, 1.82) is 0 Å². The normalized spacial score (nSPS) is 13.6. The first-order valence-corrected chi connectivity index (χ1v) is 12.7. The molecular formula is C29H34FN5O3. The van der Waals surface area contributed by atoms with E-state index in [0.717, 1.165) is 11.1 Å². The molecule has 1 fully saturated rings. The van der Waals surface area contributed by atoms with Gasteiger partial charge >= 0.3 is 12.1 Å². The van der Waals surface area contributed by atoms with Crippen molar-refractivity contribution in [2.75, 3.05) is 51.7 Å². The zero-order valence-corrected chi connectivity index (χ0v) is 21.6. The number of amides is 4. The lowest BCUT2D eigenvalue weighted by Gasteiger charge is -2.36. The number of anilines is 1. The van der Waals surface area contributed by atoms with Crippen LogP contribution in [0.15, 0.2) is 78.9 Å². The molecule has 3 aromatic carbocycles. The maximum absolute atomic E-state index is 13.4. The number of hydrogen-bond donors (Lipinski definition) is 2. The Morgan fingerprint density at radius 1 is 0.895 bits per heavy atom. The van der Waals surface area contributed by atoms with E-state index in [1.54, 1.807) is 35.1 Å². The SMILES string of the molecule is COc1ccccc1NC(=O)N1CCN(CCN(Cc2ccc(F)cc2)C(=O)NCc2ccccc2)CC1. The largest absolute Gasteiger partial charge is 0.495 e. The molecule has 0 spiro atoms. The van der Waals surface area contributed by atoms with E-state index in [0.29, 0.717) is 63.8 Å². The third kappa shape index (κ3) is 7.69. The van der Waals surface area contributed by atoms with Gasteiger partial charge in [-0.15, -0.1) is 0 Å². The highest BCUT2D eigenvalue weighted by molar-refractivity contribution is 5.91. The van der Waals surface area contributed by atoms with Crippen molar-refractivity contribution in [3.8, 4) is 5.75 Å². The van der Waals surface area contributed by atoms with E-state index < -0.39 is 0 Å². The Balaban J connectivity index is 1.29. The fraction of sp³-hybridized carbons (Fsp3) is 0.310. The number of carbonyl (C=O) groups is 2. The molecule has 9 heteroatoms.